The molecule has 0 aliphatic carbocycles. The van der Waals surface area contributed by atoms with Crippen molar-refractivity contribution in [1.29, 1.82) is 0 Å². The van der Waals surface area contributed by atoms with Gasteiger partial charge in [-0.2, -0.15) is 0 Å². The van der Waals surface area contributed by atoms with E-state index in [4.69, 9.17) is 10.5 Å². The van der Waals surface area contributed by atoms with Crippen LogP contribution in [0.5, 0.6) is 0 Å². The standard InChI is InChI=1S/C15H20N2O3/c1-20-15(19)13-8-5-9-17(13)14(18)12(16)10-11-6-3-2-4-7-11/h2-4,6-7,12-13H,5,8-10,16H2,1H3/t12-,13?/m0/s1. The quantitative estimate of drug-likeness (QED) is 0.822. The summed E-state index contributed by atoms with van der Waals surface area (Å²) < 4.78 is 4.74. The zero-order valence-electron chi connectivity index (χ0n) is 11.6. The van der Waals surface area contributed by atoms with Crippen molar-refractivity contribution in [3.05, 3.63) is 35.9 Å². The Kier molecular flexibility index (Phi) is 4.74. The largest absolute Gasteiger partial charge is 0.467 e. The van der Waals surface area contributed by atoms with E-state index >= 15 is 0 Å². The van der Waals surface area contributed by atoms with Gasteiger partial charge in [0.15, 0.2) is 0 Å². The first-order valence-electron chi connectivity index (χ1n) is 6.81. The molecule has 2 N–H and O–H groups in total. The summed E-state index contributed by atoms with van der Waals surface area (Å²) in [5.74, 6) is -0.537. The van der Waals surface area contributed by atoms with Gasteiger partial charge in [-0.05, 0) is 24.8 Å². The number of esters is 1. The van der Waals surface area contributed by atoms with E-state index in [0.29, 0.717) is 19.4 Å². The molecule has 1 heterocycles. The van der Waals surface area contributed by atoms with Crippen molar-refractivity contribution < 1.29 is 14.3 Å². The number of nitrogens with two attached hydrogens (primary N) is 1. The molecule has 1 amide bonds. The molecule has 5 nitrogen and oxygen atoms in total. The Morgan fingerprint density at radius 1 is 1.40 bits per heavy atom. The molecule has 1 saturated heterocycles. The summed E-state index contributed by atoms with van der Waals surface area (Å²) in [5, 5.41) is 0. The average molecular weight is 276 g/mol. The molecule has 1 fully saturated rings. The van der Waals surface area contributed by atoms with Gasteiger partial charge < -0.3 is 15.4 Å². The van der Waals surface area contributed by atoms with E-state index in [2.05, 4.69) is 0 Å². The third-order valence-electron chi connectivity index (χ3n) is 3.62. The fourth-order valence-corrected chi connectivity index (χ4v) is 2.58. The minimum atomic E-state index is -0.623. The van der Waals surface area contributed by atoms with Crippen LogP contribution in [-0.4, -0.2) is 42.5 Å². The van der Waals surface area contributed by atoms with Gasteiger partial charge in [0.1, 0.15) is 6.04 Å². The lowest BCUT2D eigenvalue weighted by Gasteiger charge is -2.25. The number of likely N-dealkylation sites (tertiary alicyclic amines) is 1. The highest BCUT2D eigenvalue weighted by atomic mass is 16.5. The Hall–Kier alpha value is -1.88. The topological polar surface area (TPSA) is 72.6 Å². The van der Waals surface area contributed by atoms with E-state index in [1.807, 2.05) is 30.3 Å². The SMILES string of the molecule is COC(=O)C1CCCN1C(=O)[C@@H](N)Cc1ccccc1. The number of methoxy groups -OCH3 is 1. The zero-order chi connectivity index (χ0) is 14.5. The number of nitrogens with zero attached hydrogens (tertiary/aromatic N) is 1. The number of ether oxygens (including phenoxy) is 1. The molecule has 0 spiro atoms. The van der Waals surface area contributed by atoms with Crippen molar-refractivity contribution >= 4 is 11.9 Å². The summed E-state index contributed by atoms with van der Waals surface area (Å²) in [6.45, 7) is 0.571. The van der Waals surface area contributed by atoms with Gasteiger partial charge >= 0.3 is 5.97 Å². The second-order valence-corrected chi connectivity index (χ2v) is 5.01. The Labute approximate surface area is 118 Å². The van der Waals surface area contributed by atoms with Crippen LogP contribution in [0.15, 0.2) is 30.3 Å². The van der Waals surface area contributed by atoms with Gasteiger partial charge in [0.25, 0.3) is 0 Å². The molecule has 1 aromatic rings. The molecule has 1 unspecified atom stereocenters. The number of hydrogen-bond acceptors (Lipinski definition) is 4. The molecule has 2 rings (SSSR count). The van der Waals surface area contributed by atoms with Crippen molar-refractivity contribution in [2.24, 2.45) is 5.73 Å². The third-order valence-corrected chi connectivity index (χ3v) is 3.62. The molecule has 1 aromatic carbocycles. The second kappa shape index (κ2) is 6.52. The molecular formula is C15H20N2O3. The Morgan fingerprint density at radius 2 is 2.10 bits per heavy atom. The maximum atomic E-state index is 12.4. The molecule has 0 radical (unpaired) electrons. The molecule has 20 heavy (non-hydrogen) atoms. The van der Waals surface area contributed by atoms with Gasteiger partial charge in [0, 0.05) is 6.54 Å². The minimum absolute atomic E-state index is 0.179. The molecule has 0 aromatic heterocycles. The van der Waals surface area contributed by atoms with E-state index in [9.17, 15) is 9.59 Å². The van der Waals surface area contributed by atoms with Crippen molar-refractivity contribution in [2.75, 3.05) is 13.7 Å². The lowest BCUT2D eigenvalue weighted by atomic mass is 10.1. The number of hydrogen-bond donors (Lipinski definition) is 1. The van der Waals surface area contributed by atoms with Crippen LogP contribution in [0, 0.1) is 0 Å². The number of benzene rings is 1. The third kappa shape index (κ3) is 3.17. The Bertz CT molecular complexity index is 475. The fourth-order valence-electron chi connectivity index (χ4n) is 2.58. The van der Waals surface area contributed by atoms with Crippen LogP contribution < -0.4 is 5.73 Å². The average Bonchev–Trinajstić information content (AvgIpc) is 2.96. The summed E-state index contributed by atoms with van der Waals surface area (Å²) in [6.07, 6.45) is 1.93. The van der Waals surface area contributed by atoms with Gasteiger partial charge in [-0.15, -0.1) is 0 Å². The normalized spacial score (nSPS) is 19.7. The van der Waals surface area contributed by atoms with Gasteiger partial charge in [-0.25, -0.2) is 4.79 Å². The van der Waals surface area contributed by atoms with E-state index in [1.54, 1.807) is 4.90 Å². The van der Waals surface area contributed by atoms with Gasteiger partial charge in [0.05, 0.1) is 13.2 Å². The van der Waals surface area contributed by atoms with Gasteiger partial charge in [0.2, 0.25) is 5.91 Å². The predicted octanol–water partition coefficient (Wildman–Crippen LogP) is 0.720. The highest BCUT2D eigenvalue weighted by Crippen LogP contribution is 2.19. The van der Waals surface area contributed by atoms with Crippen molar-refractivity contribution in [3.63, 3.8) is 0 Å². The van der Waals surface area contributed by atoms with Crippen LogP contribution in [0.1, 0.15) is 18.4 Å². The molecule has 0 bridgehead atoms. The van der Waals surface area contributed by atoms with Crippen LogP contribution in [0.3, 0.4) is 0 Å². The van der Waals surface area contributed by atoms with E-state index in [0.717, 1.165) is 12.0 Å². The summed E-state index contributed by atoms with van der Waals surface area (Å²) in [4.78, 5) is 25.6. The maximum absolute atomic E-state index is 12.4. The number of amides is 1. The Morgan fingerprint density at radius 3 is 2.75 bits per heavy atom. The van der Waals surface area contributed by atoms with Crippen molar-refractivity contribution in [1.82, 2.24) is 4.90 Å². The second-order valence-electron chi connectivity index (χ2n) is 5.01. The highest BCUT2D eigenvalue weighted by Gasteiger charge is 2.36. The first kappa shape index (κ1) is 14.5. The number of rotatable bonds is 4. The molecule has 5 heteroatoms. The van der Waals surface area contributed by atoms with Crippen LogP contribution in [0.25, 0.3) is 0 Å². The molecule has 1 aliphatic heterocycles. The van der Waals surface area contributed by atoms with E-state index < -0.39 is 12.1 Å². The summed E-state index contributed by atoms with van der Waals surface area (Å²) in [5.41, 5.74) is 7.01. The predicted molar refractivity (Wildman–Crippen MR) is 74.9 cm³/mol. The number of carbonyl (C=O) groups is 2. The van der Waals surface area contributed by atoms with E-state index in [-0.39, 0.29) is 11.9 Å². The van der Waals surface area contributed by atoms with Crippen molar-refractivity contribution in [2.45, 2.75) is 31.3 Å². The fraction of sp³-hybridized carbons (Fsp3) is 0.467. The minimum Gasteiger partial charge on any atom is -0.467 e. The number of carbonyl (C=O) groups excluding carboxylic acids is 2. The Balaban J connectivity index is 2.01. The smallest absolute Gasteiger partial charge is 0.328 e. The lowest BCUT2D eigenvalue weighted by molar-refractivity contribution is -0.151. The van der Waals surface area contributed by atoms with Gasteiger partial charge in [-0.3, -0.25) is 4.79 Å². The van der Waals surface area contributed by atoms with Crippen LogP contribution in [0.4, 0.5) is 0 Å². The first-order chi connectivity index (χ1) is 9.63. The summed E-state index contributed by atoms with van der Waals surface area (Å²) in [7, 11) is 1.34. The van der Waals surface area contributed by atoms with E-state index in [1.165, 1.54) is 7.11 Å². The first-order valence-corrected chi connectivity index (χ1v) is 6.81. The summed E-state index contributed by atoms with van der Waals surface area (Å²) in [6, 6.07) is 8.53. The molecular weight excluding hydrogens is 256 g/mol. The maximum Gasteiger partial charge on any atom is 0.328 e. The highest BCUT2D eigenvalue weighted by molar-refractivity contribution is 5.88. The zero-order valence-corrected chi connectivity index (χ0v) is 11.6. The molecule has 0 saturated carbocycles. The van der Waals surface area contributed by atoms with Gasteiger partial charge in [-0.1, -0.05) is 30.3 Å². The van der Waals surface area contributed by atoms with Crippen LogP contribution in [0.2, 0.25) is 0 Å². The molecule has 1 aliphatic rings. The summed E-state index contributed by atoms with van der Waals surface area (Å²) >= 11 is 0. The molecule has 2 atom stereocenters. The van der Waals surface area contributed by atoms with Crippen LogP contribution in [-0.2, 0) is 20.7 Å². The molecule has 108 valence electrons. The van der Waals surface area contributed by atoms with Crippen LogP contribution >= 0.6 is 0 Å². The lowest BCUT2D eigenvalue weighted by Crippen LogP contribution is -2.49. The van der Waals surface area contributed by atoms with Crippen molar-refractivity contribution in [3.8, 4) is 0 Å². The monoisotopic (exact) mass is 276 g/mol.